The first kappa shape index (κ1) is 23.9. The van der Waals surface area contributed by atoms with Crippen molar-refractivity contribution < 1.29 is 14.2 Å². The third-order valence-electron chi connectivity index (χ3n) is 5.53. The number of hydrogen-bond donors (Lipinski definition) is 2. The van der Waals surface area contributed by atoms with E-state index in [1.54, 1.807) is 14.2 Å². The number of morpholine rings is 1. The van der Waals surface area contributed by atoms with Gasteiger partial charge in [0.2, 0.25) is 0 Å². The van der Waals surface area contributed by atoms with Crippen molar-refractivity contribution in [2.24, 2.45) is 4.99 Å². The molecule has 0 unspecified atom stereocenters. The van der Waals surface area contributed by atoms with Crippen molar-refractivity contribution in [3.63, 3.8) is 0 Å². The molecule has 1 aliphatic heterocycles. The number of nitrogens with one attached hydrogen (secondary N) is 2. The number of para-hydroxylation sites is 1. The Bertz CT molecular complexity index is 866. The summed E-state index contributed by atoms with van der Waals surface area (Å²) in [7, 11) is 3.50. The zero-order valence-electron chi connectivity index (χ0n) is 19.5. The lowest BCUT2D eigenvalue weighted by Gasteiger charge is -2.26. The molecule has 2 N–H and O–H groups in total. The Hall–Kier alpha value is -2.77. The van der Waals surface area contributed by atoms with E-state index in [1.165, 1.54) is 11.1 Å². The topological polar surface area (TPSA) is 67.4 Å². The molecule has 1 heterocycles. The number of hydrogen-bond acceptors (Lipinski definition) is 5. The molecule has 174 valence electrons. The predicted molar refractivity (Wildman–Crippen MR) is 129 cm³/mol. The Morgan fingerprint density at radius 1 is 1.06 bits per heavy atom. The molecule has 32 heavy (non-hydrogen) atoms. The smallest absolute Gasteiger partial charge is 0.191 e. The van der Waals surface area contributed by atoms with Crippen LogP contribution in [0, 0.1) is 6.92 Å². The Labute approximate surface area is 191 Å². The standard InChI is InChI=1S/C25H36N4O3/c1-20-8-9-23(30-3)21(18-20)10-11-27-25(26-2)28-19-22-6-4-5-7-24(22)32-17-14-29-12-15-31-16-13-29/h4-9,18H,10-17,19H2,1-3H3,(H2,26,27,28). The second kappa shape index (κ2) is 12.9. The van der Waals surface area contributed by atoms with Gasteiger partial charge in [-0.2, -0.15) is 0 Å². The van der Waals surface area contributed by atoms with Crippen LogP contribution >= 0.6 is 0 Å². The van der Waals surface area contributed by atoms with Crippen LogP contribution in [0.3, 0.4) is 0 Å². The minimum absolute atomic E-state index is 0.640. The fraction of sp³-hybridized carbons (Fsp3) is 0.480. The van der Waals surface area contributed by atoms with Crippen LogP contribution in [0.4, 0.5) is 0 Å². The van der Waals surface area contributed by atoms with Crippen molar-refractivity contribution >= 4 is 5.96 Å². The van der Waals surface area contributed by atoms with Crippen LogP contribution in [-0.4, -0.2) is 71.0 Å². The third kappa shape index (κ3) is 7.43. The van der Waals surface area contributed by atoms with E-state index in [-0.39, 0.29) is 0 Å². The molecular weight excluding hydrogens is 404 g/mol. The van der Waals surface area contributed by atoms with Gasteiger partial charge in [0.25, 0.3) is 0 Å². The molecule has 0 bridgehead atoms. The summed E-state index contributed by atoms with van der Waals surface area (Å²) in [5.41, 5.74) is 3.53. The summed E-state index contributed by atoms with van der Waals surface area (Å²) in [4.78, 5) is 6.73. The average molecular weight is 441 g/mol. The zero-order valence-corrected chi connectivity index (χ0v) is 19.5. The van der Waals surface area contributed by atoms with Crippen molar-refractivity contribution in [3.05, 3.63) is 59.2 Å². The number of rotatable bonds is 10. The summed E-state index contributed by atoms with van der Waals surface area (Å²) < 4.78 is 17.0. The normalized spacial score (nSPS) is 14.8. The van der Waals surface area contributed by atoms with Crippen molar-refractivity contribution in [2.75, 3.05) is 60.2 Å². The summed E-state index contributed by atoms with van der Waals surface area (Å²) in [5.74, 6) is 2.59. The summed E-state index contributed by atoms with van der Waals surface area (Å²) in [6.07, 6.45) is 0.854. The van der Waals surface area contributed by atoms with Gasteiger partial charge in [-0.05, 0) is 31.0 Å². The summed E-state index contributed by atoms with van der Waals surface area (Å²) in [5, 5.41) is 6.78. The van der Waals surface area contributed by atoms with Gasteiger partial charge in [0, 0.05) is 45.3 Å². The molecule has 7 nitrogen and oxygen atoms in total. The highest BCUT2D eigenvalue weighted by atomic mass is 16.5. The number of benzene rings is 2. The highest BCUT2D eigenvalue weighted by Gasteiger charge is 2.11. The number of methoxy groups -OCH3 is 1. The van der Waals surface area contributed by atoms with E-state index in [2.05, 4.69) is 45.6 Å². The molecule has 0 saturated carbocycles. The Balaban J connectivity index is 1.46. The highest BCUT2D eigenvalue weighted by molar-refractivity contribution is 5.79. The first-order chi connectivity index (χ1) is 15.7. The van der Waals surface area contributed by atoms with Crippen molar-refractivity contribution in [1.82, 2.24) is 15.5 Å². The Morgan fingerprint density at radius 2 is 1.88 bits per heavy atom. The van der Waals surface area contributed by atoms with Crippen LogP contribution in [-0.2, 0) is 17.7 Å². The first-order valence-electron chi connectivity index (χ1n) is 11.3. The molecule has 7 heteroatoms. The van der Waals surface area contributed by atoms with Gasteiger partial charge < -0.3 is 24.8 Å². The van der Waals surface area contributed by atoms with Crippen LogP contribution in [0.25, 0.3) is 0 Å². The molecule has 3 rings (SSSR count). The molecule has 1 saturated heterocycles. The fourth-order valence-corrected chi connectivity index (χ4v) is 3.72. The largest absolute Gasteiger partial charge is 0.496 e. The van der Waals surface area contributed by atoms with Crippen LogP contribution < -0.4 is 20.1 Å². The van der Waals surface area contributed by atoms with Gasteiger partial charge in [-0.1, -0.05) is 35.9 Å². The van der Waals surface area contributed by atoms with Crippen molar-refractivity contribution in [3.8, 4) is 11.5 Å². The fourth-order valence-electron chi connectivity index (χ4n) is 3.72. The Morgan fingerprint density at radius 3 is 2.66 bits per heavy atom. The molecule has 2 aromatic rings. The number of nitrogens with zero attached hydrogens (tertiary/aromatic N) is 2. The quantitative estimate of drug-likeness (QED) is 0.437. The second-order valence-electron chi connectivity index (χ2n) is 7.83. The molecule has 0 amide bonds. The lowest BCUT2D eigenvalue weighted by Crippen LogP contribution is -2.39. The number of guanidine groups is 1. The van der Waals surface area contributed by atoms with Crippen LogP contribution in [0.1, 0.15) is 16.7 Å². The SMILES string of the molecule is CN=C(NCCc1cc(C)ccc1OC)NCc1ccccc1OCCN1CCOCC1. The van der Waals surface area contributed by atoms with Gasteiger partial charge >= 0.3 is 0 Å². The molecule has 0 radical (unpaired) electrons. The molecule has 0 spiro atoms. The second-order valence-corrected chi connectivity index (χ2v) is 7.83. The first-order valence-corrected chi connectivity index (χ1v) is 11.3. The van der Waals surface area contributed by atoms with Gasteiger partial charge in [-0.25, -0.2) is 0 Å². The zero-order chi connectivity index (χ0) is 22.6. The monoisotopic (exact) mass is 440 g/mol. The van der Waals surface area contributed by atoms with E-state index in [0.717, 1.165) is 68.8 Å². The van der Waals surface area contributed by atoms with Crippen LogP contribution in [0.5, 0.6) is 11.5 Å². The lowest BCUT2D eigenvalue weighted by molar-refractivity contribution is 0.0322. The number of aryl methyl sites for hydroxylation is 1. The van der Waals surface area contributed by atoms with Gasteiger partial charge in [0.15, 0.2) is 5.96 Å². The maximum absolute atomic E-state index is 6.08. The molecule has 1 fully saturated rings. The summed E-state index contributed by atoms with van der Waals surface area (Å²) >= 11 is 0. The van der Waals surface area contributed by atoms with Gasteiger partial charge in [-0.3, -0.25) is 9.89 Å². The minimum Gasteiger partial charge on any atom is -0.496 e. The van der Waals surface area contributed by atoms with E-state index in [1.807, 2.05) is 24.3 Å². The molecule has 1 aliphatic rings. The van der Waals surface area contributed by atoms with E-state index >= 15 is 0 Å². The third-order valence-corrected chi connectivity index (χ3v) is 5.53. The van der Waals surface area contributed by atoms with Crippen LogP contribution in [0.2, 0.25) is 0 Å². The predicted octanol–water partition coefficient (Wildman–Crippen LogP) is 2.62. The van der Waals surface area contributed by atoms with Crippen molar-refractivity contribution in [1.29, 1.82) is 0 Å². The summed E-state index contributed by atoms with van der Waals surface area (Å²) in [6.45, 7) is 8.65. The van der Waals surface area contributed by atoms with E-state index < -0.39 is 0 Å². The Kier molecular flexibility index (Phi) is 9.65. The average Bonchev–Trinajstić information content (AvgIpc) is 2.83. The molecular formula is C25H36N4O3. The van der Waals surface area contributed by atoms with E-state index in [0.29, 0.717) is 13.2 Å². The maximum atomic E-state index is 6.08. The molecule has 0 atom stereocenters. The maximum Gasteiger partial charge on any atom is 0.191 e. The van der Waals surface area contributed by atoms with E-state index in [9.17, 15) is 0 Å². The highest BCUT2D eigenvalue weighted by Crippen LogP contribution is 2.20. The molecule has 0 aliphatic carbocycles. The van der Waals surface area contributed by atoms with Crippen LogP contribution in [0.15, 0.2) is 47.5 Å². The van der Waals surface area contributed by atoms with Gasteiger partial charge in [0.05, 0.1) is 20.3 Å². The lowest BCUT2D eigenvalue weighted by atomic mass is 10.1. The minimum atomic E-state index is 0.640. The summed E-state index contributed by atoms with van der Waals surface area (Å²) in [6, 6.07) is 14.4. The molecule has 2 aromatic carbocycles. The molecule has 0 aromatic heterocycles. The van der Waals surface area contributed by atoms with Gasteiger partial charge in [0.1, 0.15) is 18.1 Å². The number of ether oxygens (including phenoxy) is 3. The van der Waals surface area contributed by atoms with Gasteiger partial charge in [-0.15, -0.1) is 0 Å². The van der Waals surface area contributed by atoms with E-state index in [4.69, 9.17) is 14.2 Å². The van der Waals surface area contributed by atoms with Crippen molar-refractivity contribution in [2.45, 2.75) is 19.9 Å². The number of aliphatic imine (C=N–C) groups is 1.